The highest BCUT2D eigenvalue weighted by Gasteiger charge is 2.18. The maximum Gasteiger partial charge on any atom is 0.244 e. The predicted molar refractivity (Wildman–Crippen MR) is 115 cm³/mol. The van der Waals surface area contributed by atoms with Crippen LogP contribution in [0.1, 0.15) is 31.7 Å². The van der Waals surface area contributed by atoms with Crippen LogP contribution in [-0.4, -0.2) is 31.4 Å². The van der Waals surface area contributed by atoms with Crippen LogP contribution >= 0.6 is 11.6 Å². The lowest BCUT2D eigenvalue weighted by molar-refractivity contribution is -0.120. The van der Waals surface area contributed by atoms with Crippen LogP contribution in [0.2, 0.25) is 5.02 Å². The van der Waals surface area contributed by atoms with Crippen molar-refractivity contribution in [2.75, 3.05) is 34.8 Å². The summed E-state index contributed by atoms with van der Waals surface area (Å²) in [5, 5.41) is 3.44. The van der Waals surface area contributed by atoms with Gasteiger partial charge in [-0.15, -0.1) is 0 Å². The average Bonchev–Trinajstić information content (AvgIpc) is 2.70. The maximum absolute atomic E-state index is 12.5. The average molecular weight is 400 g/mol. The molecule has 28 heavy (non-hydrogen) atoms. The number of benzene rings is 2. The fourth-order valence-corrected chi connectivity index (χ4v) is 3.63. The highest BCUT2D eigenvalue weighted by Crippen LogP contribution is 2.25. The van der Waals surface area contributed by atoms with Crippen LogP contribution in [0.15, 0.2) is 42.5 Å². The third-order valence-corrected chi connectivity index (χ3v) is 5.52. The van der Waals surface area contributed by atoms with Gasteiger partial charge in [0.05, 0.1) is 0 Å². The van der Waals surface area contributed by atoms with Gasteiger partial charge in [0, 0.05) is 42.1 Å². The number of hydrogen-bond acceptors (Lipinski definition) is 3. The molecule has 148 valence electrons. The van der Waals surface area contributed by atoms with Gasteiger partial charge in [-0.05, 0) is 68.1 Å². The molecule has 0 aromatic heterocycles. The summed E-state index contributed by atoms with van der Waals surface area (Å²) >= 11 is 6.11. The molecule has 1 fully saturated rings. The molecule has 3 rings (SSSR count). The Morgan fingerprint density at radius 1 is 1.07 bits per heavy atom. The van der Waals surface area contributed by atoms with Crippen molar-refractivity contribution in [2.24, 2.45) is 0 Å². The molecule has 1 heterocycles. The minimum absolute atomic E-state index is 0.0512. The monoisotopic (exact) mass is 399 g/mol. The first-order valence-corrected chi connectivity index (χ1v) is 10.0. The second-order valence-electron chi connectivity index (χ2n) is 7.13. The minimum atomic E-state index is -0.263. The quantitative estimate of drug-likeness (QED) is 0.797. The first-order valence-electron chi connectivity index (χ1n) is 9.64. The molecule has 1 aliphatic rings. The number of anilines is 3. The summed E-state index contributed by atoms with van der Waals surface area (Å²) in [7, 11) is 0. The SMILES string of the molecule is CC(=O)N(CC(=O)Nc1cccc(Cl)c1C)c1ccc(N2CCCCC2)cc1. The fraction of sp³-hybridized carbons (Fsp3) is 0.364. The second kappa shape index (κ2) is 9.11. The van der Waals surface area contributed by atoms with Crippen molar-refractivity contribution in [1.29, 1.82) is 0 Å². The van der Waals surface area contributed by atoms with Crippen LogP contribution < -0.4 is 15.1 Å². The lowest BCUT2D eigenvalue weighted by Gasteiger charge is -2.29. The number of nitrogens with zero attached hydrogens (tertiary/aromatic N) is 2. The number of carbonyl (C=O) groups excluding carboxylic acids is 2. The molecule has 0 aliphatic carbocycles. The highest BCUT2D eigenvalue weighted by atomic mass is 35.5. The van der Waals surface area contributed by atoms with Crippen molar-refractivity contribution >= 4 is 40.5 Å². The number of halogens is 1. The second-order valence-corrected chi connectivity index (χ2v) is 7.54. The Bertz CT molecular complexity index is 845. The van der Waals surface area contributed by atoms with Gasteiger partial charge in [0.1, 0.15) is 6.54 Å². The van der Waals surface area contributed by atoms with Gasteiger partial charge in [0.2, 0.25) is 11.8 Å². The molecule has 1 aliphatic heterocycles. The van der Waals surface area contributed by atoms with E-state index >= 15 is 0 Å². The van der Waals surface area contributed by atoms with Crippen molar-refractivity contribution in [2.45, 2.75) is 33.1 Å². The molecule has 0 atom stereocenters. The zero-order valence-electron chi connectivity index (χ0n) is 16.4. The highest BCUT2D eigenvalue weighted by molar-refractivity contribution is 6.31. The molecule has 1 saturated heterocycles. The molecule has 0 saturated carbocycles. The Kier molecular flexibility index (Phi) is 6.57. The van der Waals surface area contributed by atoms with Crippen LogP contribution in [0, 0.1) is 6.92 Å². The van der Waals surface area contributed by atoms with Gasteiger partial charge in [-0.3, -0.25) is 9.59 Å². The van der Waals surface area contributed by atoms with Crippen LogP contribution in [0.4, 0.5) is 17.1 Å². The summed E-state index contributed by atoms with van der Waals surface area (Å²) in [5.74, 6) is -0.440. The van der Waals surface area contributed by atoms with Crippen LogP contribution in [-0.2, 0) is 9.59 Å². The summed E-state index contributed by atoms with van der Waals surface area (Å²) in [5.41, 5.74) is 3.33. The summed E-state index contributed by atoms with van der Waals surface area (Å²) in [4.78, 5) is 28.5. The number of rotatable bonds is 5. The number of nitrogens with one attached hydrogen (secondary N) is 1. The Balaban J connectivity index is 1.69. The van der Waals surface area contributed by atoms with Crippen molar-refractivity contribution in [3.05, 3.63) is 53.1 Å². The van der Waals surface area contributed by atoms with E-state index in [1.165, 1.54) is 31.1 Å². The van der Waals surface area contributed by atoms with E-state index in [0.29, 0.717) is 16.4 Å². The molecule has 5 nitrogen and oxygen atoms in total. The molecule has 0 bridgehead atoms. The fourth-order valence-electron chi connectivity index (χ4n) is 3.46. The van der Waals surface area contributed by atoms with Crippen molar-refractivity contribution in [1.82, 2.24) is 0 Å². The minimum Gasteiger partial charge on any atom is -0.372 e. The summed E-state index contributed by atoms with van der Waals surface area (Å²) in [6.07, 6.45) is 3.71. The third-order valence-electron chi connectivity index (χ3n) is 5.11. The molecule has 2 aromatic rings. The lowest BCUT2D eigenvalue weighted by atomic mass is 10.1. The van der Waals surface area contributed by atoms with Crippen LogP contribution in [0.5, 0.6) is 0 Å². The molecule has 1 N–H and O–H groups in total. The van der Waals surface area contributed by atoms with Gasteiger partial charge in [0.25, 0.3) is 0 Å². The van der Waals surface area contributed by atoms with Gasteiger partial charge < -0.3 is 15.1 Å². The lowest BCUT2D eigenvalue weighted by Crippen LogP contribution is -2.36. The maximum atomic E-state index is 12.5. The number of carbonyl (C=O) groups is 2. The standard InChI is InChI=1S/C22H26ClN3O2/c1-16-20(23)7-6-8-21(16)24-22(28)15-26(17(2)27)19-11-9-18(10-12-19)25-13-4-3-5-14-25/h6-12H,3-5,13-15H2,1-2H3,(H,24,28). The molecule has 6 heteroatoms. The summed E-state index contributed by atoms with van der Waals surface area (Å²) < 4.78 is 0. The van der Waals surface area contributed by atoms with E-state index in [0.717, 1.165) is 24.3 Å². The smallest absolute Gasteiger partial charge is 0.244 e. The normalized spacial score (nSPS) is 13.9. The van der Waals surface area contributed by atoms with E-state index in [1.807, 2.05) is 31.2 Å². The topological polar surface area (TPSA) is 52.7 Å². The first-order chi connectivity index (χ1) is 13.5. The molecular weight excluding hydrogens is 374 g/mol. The van der Waals surface area contributed by atoms with Crippen molar-refractivity contribution < 1.29 is 9.59 Å². The molecule has 0 spiro atoms. The van der Waals surface area contributed by atoms with E-state index < -0.39 is 0 Å². The molecule has 2 amide bonds. The zero-order chi connectivity index (χ0) is 20.1. The number of piperidine rings is 1. The molecule has 0 unspecified atom stereocenters. The largest absolute Gasteiger partial charge is 0.372 e. The van der Waals surface area contributed by atoms with Gasteiger partial charge in [-0.25, -0.2) is 0 Å². The molecule has 2 aromatic carbocycles. The molecule has 0 radical (unpaired) electrons. The van der Waals surface area contributed by atoms with Crippen molar-refractivity contribution in [3.8, 4) is 0 Å². The number of hydrogen-bond donors (Lipinski definition) is 1. The van der Waals surface area contributed by atoms with E-state index in [4.69, 9.17) is 11.6 Å². The Morgan fingerprint density at radius 3 is 2.39 bits per heavy atom. The van der Waals surface area contributed by atoms with Gasteiger partial charge in [-0.2, -0.15) is 0 Å². The molecular formula is C22H26ClN3O2. The Hall–Kier alpha value is -2.53. The Labute approximate surface area is 171 Å². The van der Waals surface area contributed by atoms with E-state index in [9.17, 15) is 9.59 Å². The first kappa shape index (κ1) is 20.2. The van der Waals surface area contributed by atoms with Crippen molar-refractivity contribution in [3.63, 3.8) is 0 Å². The third kappa shape index (κ3) is 4.84. The zero-order valence-corrected chi connectivity index (χ0v) is 17.1. The Morgan fingerprint density at radius 2 is 1.75 bits per heavy atom. The summed E-state index contributed by atoms with van der Waals surface area (Å²) in [6, 6.07) is 13.2. The predicted octanol–water partition coefficient (Wildman–Crippen LogP) is 4.63. The van der Waals surface area contributed by atoms with Crippen LogP contribution in [0.3, 0.4) is 0 Å². The summed E-state index contributed by atoms with van der Waals surface area (Å²) in [6.45, 7) is 5.40. The van der Waals surface area contributed by atoms with E-state index in [2.05, 4.69) is 10.2 Å². The van der Waals surface area contributed by atoms with Gasteiger partial charge in [-0.1, -0.05) is 17.7 Å². The van der Waals surface area contributed by atoms with Gasteiger partial charge >= 0.3 is 0 Å². The van der Waals surface area contributed by atoms with Gasteiger partial charge in [0.15, 0.2) is 0 Å². The van der Waals surface area contributed by atoms with Crippen LogP contribution in [0.25, 0.3) is 0 Å². The number of amides is 2. The van der Waals surface area contributed by atoms with E-state index in [-0.39, 0.29) is 18.4 Å². The van der Waals surface area contributed by atoms with E-state index in [1.54, 1.807) is 18.2 Å².